The molecule has 26 heavy (non-hydrogen) atoms. The second-order valence-electron chi connectivity index (χ2n) is 6.13. The fourth-order valence-corrected chi connectivity index (χ4v) is 4.16. The number of fused-ring (bicyclic) bond motifs is 1. The van der Waals surface area contributed by atoms with Crippen LogP contribution in [0.25, 0.3) is 0 Å². The van der Waals surface area contributed by atoms with Gasteiger partial charge in [0.05, 0.1) is 10.6 Å². The number of urea groups is 1. The lowest BCUT2D eigenvalue weighted by atomic mass is 10.00. The molecule has 0 saturated carbocycles. The number of amides is 2. The number of sulfone groups is 1. The summed E-state index contributed by atoms with van der Waals surface area (Å²) in [6, 6.07) is 10.8. The highest BCUT2D eigenvalue weighted by Crippen LogP contribution is 2.23. The number of carbonyl (C=O) groups excluding carboxylic acids is 1. The van der Waals surface area contributed by atoms with Gasteiger partial charge in [-0.25, -0.2) is 13.2 Å². The first-order chi connectivity index (χ1) is 12.3. The lowest BCUT2D eigenvalue weighted by molar-refractivity contribution is 0.193. The van der Waals surface area contributed by atoms with Gasteiger partial charge in [-0.3, -0.25) is 0 Å². The second-order valence-corrected chi connectivity index (χ2v) is 8.67. The minimum absolute atomic E-state index is 0.0210. The van der Waals surface area contributed by atoms with Crippen LogP contribution in [0.4, 0.5) is 4.79 Å². The van der Waals surface area contributed by atoms with Crippen LogP contribution >= 0.6 is 11.6 Å². The van der Waals surface area contributed by atoms with Gasteiger partial charge in [0.25, 0.3) is 0 Å². The highest BCUT2D eigenvalue weighted by molar-refractivity contribution is 7.91. The van der Waals surface area contributed by atoms with Crippen LogP contribution in [0.1, 0.15) is 11.1 Å². The zero-order chi connectivity index (χ0) is 18.7. The summed E-state index contributed by atoms with van der Waals surface area (Å²) in [6.07, 6.45) is 0.701. The molecule has 0 atom stereocenters. The van der Waals surface area contributed by atoms with Crippen molar-refractivity contribution in [3.8, 4) is 5.75 Å². The van der Waals surface area contributed by atoms with Gasteiger partial charge in [0.15, 0.2) is 9.84 Å². The monoisotopic (exact) mass is 394 g/mol. The minimum Gasteiger partial charge on any atom is -0.508 e. The highest BCUT2D eigenvalue weighted by Gasteiger charge is 2.21. The molecule has 2 aromatic rings. The van der Waals surface area contributed by atoms with Crippen LogP contribution in [0.5, 0.6) is 5.75 Å². The van der Waals surface area contributed by atoms with Gasteiger partial charge in [0.2, 0.25) is 0 Å². The molecule has 1 heterocycles. The Bertz CT molecular complexity index is 913. The van der Waals surface area contributed by atoms with Crippen LogP contribution in [-0.2, 0) is 22.8 Å². The molecule has 0 radical (unpaired) electrons. The maximum absolute atomic E-state index is 12.3. The summed E-state index contributed by atoms with van der Waals surface area (Å²) in [7, 11) is -3.48. The number of hydrogen-bond acceptors (Lipinski definition) is 4. The first kappa shape index (κ1) is 18.5. The van der Waals surface area contributed by atoms with E-state index in [1.807, 2.05) is 6.07 Å². The van der Waals surface area contributed by atoms with Crippen molar-refractivity contribution in [2.24, 2.45) is 0 Å². The molecule has 1 aliphatic heterocycles. The van der Waals surface area contributed by atoms with Crippen molar-refractivity contribution in [3.63, 3.8) is 0 Å². The Morgan fingerprint density at radius 3 is 2.62 bits per heavy atom. The summed E-state index contributed by atoms with van der Waals surface area (Å²) in [6.45, 7) is 0.959. The molecule has 0 fully saturated rings. The predicted octanol–water partition coefficient (Wildman–Crippen LogP) is 2.59. The molecule has 3 rings (SSSR count). The molecule has 0 saturated heterocycles. The van der Waals surface area contributed by atoms with Crippen molar-refractivity contribution in [1.82, 2.24) is 10.2 Å². The first-order valence-electron chi connectivity index (χ1n) is 8.17. The second kappa shape index (κ2) is 7.55. The van der Waals surface area contributed by atoms with Crippen molar-refractivity contribution in [3.05, 3.63) is 58.6 Å². The molecule has 2 amide bonds. The van der Waals surface area contributed by atoms with Crippen LogP contribution in [0, 0.1) is 0 Å². The van der Waals surface area contributed by atoms with Gasteiger partial charge < -0.3 is 15.3 Å². The molecule has 0 bridgehead atoms. The minimum atomic E-state index is -3.48. The molecule has 8 heteroatoms. The first-order valence-corrected chi connectivity index (χ1v) is 10.2. The standard InChI is InChI=1S/C18H19ClN2O4S/c19-15-2-5-17(6-3-15)26(24,25)10-8-20-18(23)21-9-7-13-1-4-16(22)11-14(13)12-21/h1-6,11,22H,7-10,12H2,(H,20,23). The Hall–Kier alpha value is -2.25. The number of hydrogen-bond donors (Lipinski definition) is 2. The zero-order valence-electron chi connectivity index (χ0n) is 14.0. The van der Waals surface area contributed by atoms with E-state index in [1.165, 1.54) is 24.3 Å². The van der Waals surface area contributed by atoms with E-state index in [4.69, 9.17) is 11.6 Å². The number of benzene rings is 2. The Morgan fingerprint density at radius 1 is 1.15 bits per heavy atom. The van der Waals surface area contributed by atoms with E-state index in [0.717, 1.165) is 11.1 Å². The van der Waals surface area contributed by atoms with Crippen LogP contribution in [-0.4, -0.2) is 43.3 Å². The van der Waals surface area contributed by atoms with Gasteiger partial charge in [-0.05, 0) is 53.9 Å². The number of rotatable bonds is 4. The van der Waals surface area contributed by atoms with Crippen LogP contribution in [0.3, 0.4) is 0 Å². The summed E-state index contributed by atoms with van der Waals surface area (Å²) >= 11 is 5.77. The number of nitrogens with zero attached hydrogens (tertiary/aromatic N) is 1. The van der Waals surface area contributed by atoms with E-state index in [9.17, 15) is 18.3 Å². The highest BCUT2D eigenvalue weighted by atomic mass is 35.5. The number of phenolic OH excluding ortho intramolecular Hbond substituents is 1. The summed E-state index contributed by atoms with van der Waals surface area (Å²) in [4.78, 5) is 14.1. The Kier molecular flexibility index (Phi) is 5.38. The van der Waals surface area contributed by atoms with Crippen molar-refractivity contribution in [2.45, 2.75) is 17.9 Å². The number of carbonyl (C=O) groups is 1. The van der Waals surface area contributed by atoms with Gasteiger partial charge >= 0.3 is 6.03 Å². The Morgan fingerprint density at radius 2 is 1.88 bits per heavy atom. The van der Waals surface area contributed by atoms with Crippen molar-refractivity contribution >= 4 is 27.5 Å². The van der Waals surface area contributed by atoms with Crippen LogP contribution < -0.4 is 5.32 Å². The molecule has 1 aliphatic rings. The third kappa shape index (κ3) is 4.28. The summed E-state index contributed by atoms with van der Waals surface area (Å²) < 4.78 is 24.5. The third-order valence-corrected chi connectivity index (χ3v) is 6.29. The summed E-state index contributed by atoms with van der Waals surface area (Å²) in [5.41, 5.74) is 2.01. The molecule has 0 aromatic heterocycles. The van der Waals surface area contributed by atoms with Gasteiger partial charge in [0.1, 0.15) is 5.75 Å². The Labute approximate surface area is 157 Å². The quantitative estimate of drug-likeness (QED) is 0.834. The normalized spacial score (nSPS) is 14.0. The molecule has 138 valence electrons. The predicted molar refractivity (Wildman–Crippen MR) is 99.1 cm³/mol. The van der Waals surface area contributed by atoms with Crippen LogP contribution in [0.2, 0.25) is 5.02 Å². The average Bonchev–Trinajstić information content (AvgIpc) is 2.61. The molecule has 6 nitrogen and oxygen atoms in total. The van der Waals surface area contributed by atoms with E-state index in [0.29, 0.717) is 24.5 Å². The molecular weight excluding hydrogens is 376 g/mol. The van der Waals surface area contributed by atoms with Crippen molar-refractivity contribution in [2.75, 3.05) is 18.8 Å². The Balaban J connectivity index is 1.55. The topological polar surface area (TPSA) is 86.7 Å². The van der Waals surface area contributed by atoms with Gasteiger partial charge in [-0.2, -0.15) is 0 Å². The lowest BCUT2D eigenvalue weighted by Gasteiger charge is -2.29. The summed E-state index contributed by atoms with van der Waals surface area (Å²) in [5, 5.41) is 12.7. The third-order valence-electron chi connectivity index (χ3n) is 4.31. The number of nitrogens with one attached hydrogen (secondary N) is 1. The molecule has 0 spiro atoms. The van der Waals surface area contributed by atoms with E-state index in [-0.39, 0.29) is 29.0 Å². The lowest BCUT2D eigenvalue weighted by Crippen LogP contribution is -2.44. The van der Waals surface area contributed by atoms with Gasteiger partial charge in [-0.15, -0.1) is 0 Å². The summed E-state index contributed by atoms with van der Waals surface area (Å²) in [5.74, 6) is -0.0222. The zero-order valence-corrected chi connectivity index (χ0v) is 15.6. The maximum Gasteiger partial charge on any atom is 0.317 e. The molecule has 0 unspecified atom stereocenters. The van der Waals surface area contributed by atoms with Crippen LogP contribution in [0.15, 0.2) is 47.4 Å². The average molecular weight is 395 g/mol. The molecule has 0 aliphatic carbocycles. The number of halogens is 1. The fourth-order valence-electron chi connectivity index (χ4n) is 2.88. The van der Waals surface area contributed by atoms with E-state index < -0.39 is 9.84 Å². The molecule has 2 N–H and O–H groups in total. The number of aromatic hydroxyl groups is 1. The number of phenols is 1. The maximum atomic E-state index is 12.3. The molecule has 2 aromatic carbocycles. The fraction of sp³-hybridized carbons (Fsp3) is 0.278. The van der Waals surface area contributed by atoms with Gasteiger partial charge in [0, 0.05) is 24.7 Å². The van der Waals surface area contributed by atoms with E-state index >= 15 is 0 Å². The largest absolute Gasteiger partial charge is 0.508 e. The van der Waals surface area contributed by atoms with Crippen molar-refractivity contribution in [1.29, 1.82) is 0 Å². The SMILES string of the molecule is O=C(NCCS(=O)(=O)c1ccc(Cl)cc1)N1CCc2ccc(O)cc2C1. The van der Waals surface area contributed by atoms with E-state index in [1.54, 1.807) is 17.0 Å². The smallest absolute Gasteiger partial charge is 0.317 e. The molecular formula is C18H19ClN2O4S. The van der Waals surface area contributed by atoms with Crippen molar-refractivity contribution < 1.29 is 18.3 Å². The van der Waals surface area contributed by atoms with E-state index in [2.05, 4.69) is 5.32 Å². The van der Waals surface area contributed by atoms with Gasteiger partial charge in [-0.1, -0.05) is 17.7 Å².